The van der Waals surface area contributed by atoms with E-state index < -0.39 is 0 Å². The Hall–Kier alpha value is -1.41. The minimum Gasteiger partial charge on any atom is -0.497 e. The molecule has 0 saturated carbocycles. The van der Waals surface area contributed by atoms with E-state index in [1.165, 1.54) is 22.3 Å². The van der Waals surface area contributed by atoms with E-state index in [4.69, 9.17) is 4.74 Å². The van der Waals surface area contributed by atoms with Crippen LogP contribution in [0.4, 0.5) is 0 Å². The molecule has 2 heteroatoms. The predicted molar refractivity (Wildman–Crippen MR) is 73.1 cm³/mol. The van der Waals surface area contributed by atoms with Gasteiger partial charge in [-0.2, -0.15) is 0 Å². The van der Waals surface area contributed by atoms with Gasteiger partial charge in [-0.3, -0.25) is 0 Å². The maximum absolute atomic E-state index is 5.28. The van der Waals surface area contributed by atoms with Crippen molar-refractivity contribution in [1.29, 1.82) is 0 Å². The van der Waals surface area contributed by atoms with Gasteiger partial charge >= 0.3 is 0 Å². The largest absolute Gasteiger partial charge is 0.497 e. The van der Waals surface area contributed by atoms with Crippen molar-refractivity contribution >= 4 is 12.6 Å². The van der Waals surface area contributed by atoms with Crippen LogP contribution in [0.2, 0.25) is 0 Å². The van der Waals surface area contributed by atoms with Crippen LogP contribution in [0.3, 0.4) is 0 Å². The van der Waals surface area contributed by atoms with Crippen molar-refractivity contribution < 1.29 is 4.74 Å². The number of hydrogen-bond acceptors (Lipinski definition) is 2. The lowest BCUT2D eigenvalue weighted by Crippen LogP contribution is -2.04. The summed E-state index contributed by atoms with van der Waals surface area (Å²) in [4.78, 5) is 1.04. The molecule has 0 fully saturated rings. The van der Waals surface area contributed by atoms with Crippen LogP contribution in [0.25, 0.3) is 11.1 Å². The Balaban J connectivity index is 2.16. The van der Waals surface area contributed by atoms with Crippen molar-refractivity contribution in [2.45, 2.75) is 17.7 Å². The lowest BCUT2D eigenvalue weighted by molar-refractivity contribution is 0.414. The van der Waals surface area contributed by atoms with Gasteiger partial charge in [-0.05, 0) is 59.4 Å². The first-order chi connectivity index (χ1) is 8.28. The molecule has 1 aliphatic carbocycles. The Kier molecular flexibility index (Phi) is 2.60. The van der Waals surface area contributed by atoms with E-state index in [2.05, 4.69) is 43.0 Å². The first-order valence-electron chi connectivity index (χ1n) is 5.77. The lowest BCUT2D eigenvalue weighted by atomic mass is 9.85. The number of methoxy groups -OCH3 is 1. The zero-order valence-corrected chi connectivity index (χ0v) is 10.6. The van der Waals surface area contributed by atoms with Gasteiger partial charge in [0.15, 0.2) is 0 Å². The molecule has 1 nitrogen and oxygen atoms in total. The van der Waals surface area contributed by atoms with Crippen LogP contribution in [0.1, 0.15) is 11.1 Å². The number of hydrogen-bond donors (Lipinski definition) is 1. The van der Waals surface area contributed by atoms with E-state index in [0.717, 1.165) is 23.5 Å². The van der Waals surface area contributed by atoms with Crippen molar-refractivity contribution in [2.75, 3.05) is 7.11 Å². The van der Waals surface area contributed by atoms with Crippen molar-refractivity contribution in [3.8, 4) is 16.9 Å². The molecule has 2 aromatic carbocycles. The predicted octanol–water partition coefficient (Wildman–Crippen LogP) is 3.75. The van der Waals surface area contributed by atoms with Gasteiger partial charge in [-0.25, -0.2) is 0 Å². The van der Waals surface area contributed by atoms with Gasteiger partial charge in [-0.1, -0.05) is 12.1 Å². The molecule has 2 aromatic rings. The molecule has 0 aromatic heterocycles. The number of ether oxygens (including phenoxy) is 1. The van der Waals surface area contributed by atoms with Crippen LogP contribution >= 0.6 is 12.6 Å². The summed E-state index contributed by atoms with van der Waals surface area (Å²) >= 11 is 4.40. The SMILES string of the molecule is COc1ccc2c(c1)CCc1cc(S)ccc1-2. The van der Waals surface area contributed by atoms with Crippen LogP contribution in [0.15, 0.2) is 41.3 Å². The Morgan fingerprint density at radius 1 is 0.941 bits per heavy atom. The number of benzene rings is 2. The third-order valence-electron chi connectivity index (χ3n) is 3.36. The third-order valence-corrected chi connectivity index (χ3v) is 3.63. The van der Waals surface area contributed by atoms with Gasteiger partial charge in [0.1, 0.15) is 5.75 Å². The monoisotopic (exact) mass is 242 g/mol. The quantitative estimate of drug-likeness (QED) is 0.749. The molecule has 0 spiro atoms. The van der Waals surface area contributed by atoms with Gasteiger partial charge < -0.3 is 4.74 Å². The van der Waals surface area contributed by atoms with Crippen molar-refractivity contribution in [3.63, 3.8) is 0 Å². The third kappa shape index (κ3) is 1.83. The highest BCUT2D eigenvalue weighted by Crippen LogP contribution is 2.36. The van der Waals surface area contributed by atoms with Crippen LogP contribution in [0.5, 0.6) is 5.75 Å². The second-order valence-corrected chi connectivity index (χ2v) is 4.88. The zero-order valence-electron chi connectivity index (χ0n) is 9.73. The van der Waals surface area contributed by atoms with E-state index in [0.29, 0.717) is 0 Å². The first-order valence-corrected chi connectivity index (χ1v) is 6.22. The molecule has 0 atom stereocenters. The number of fused-ring (bicyclic) bond motifs is 3. The Morgan fingerprint density at radius 3 is 2.29 bits per heavy atom. The van der Waals surface area contributed by atoms with Crippen molar-refractivity contribution in [2.24, 2.45) is 0 Å². The number of rotatable bonds is 1. The van der Waals surface area contributed by atoms with Crippen LogP contribution < -0.4 is 4.74 Å². The molecular weight excluding hydrogens is 228 g/mol. The minimum atomic E-state index is 0.943. The van der Waals surface area contributed by atoms with E-state index >= 15 is 0 Å². The van der Waals surface area contributed by atoms with Crippen LogP contribution in [-0.4, -0.2) is 7.11 Å². The molecular formula is C15H14OS. The van der Waals surface area contributed by atoms with Crippen molar-refractivity contribution in [3.05, 3.63) is 47.5 Å². The molecule has 0 saturated heterocycles. The summed E-state index contributed by atoms with van der Waals surface area (Å²) in [6.07, 6.45) is 2.17. The first kappa shape index (κ1) is 10.7. The molecule has 0 aliphatic heterocycles. The Labute approximate surface area is 107 Å². The average Bonchev–Trinajstić information content (AvgIpc) is 2.37. The van der Waals surface area contributed by atoms with E-state index in [9.17, 15) is 0 Å². The molecule has 0 radical (unpaired) electrons. The number of aryl methyl sites for hydroxylation is 2. The van der Waals surface area contributed by atoms with Crippen LogP contribution in [0, 0.1) is 0 Å². The minimum absolute atomic E-state index is 0.943. The van der Waals surface area contributed by atoms with E-state index in [1.54, 1.807) is 7.11 Å². The molecule has 0 N–H and O–H groups in total. The van der Waals surface area contributed by atoms with Gasteiger partial charge in [0.25, 0.3) is 0 Å². The molecule has 0 unspecified atom stereocenters. The topological polar surface area (TPSA) is 9.23 Å². The smallest absolute Gasteiger partial charge is 0.119 e. The summed E-state index contributed by atoms with van der Waals surface area (Å²) in [7, 11) is 1.71. The zero-order chi connectivity index (χ0) is 11.8. The van der Waals surface area contributed by atoms with Gasteiger partial charge in [0, 0.05) is 4.90 Å². The van der Waals surface area contributed by atoms with Gasteiger partial charge in [0.05, 0.1) is 7.11 Å². The van der Waals surface area contributed by atoms with E-state index in [-0.39, 0.29) is 0 Å². The highest BCUT2D eigenvalue weighted by molar-refractivity contribution is 7.80. The Bertz CT molecular complexity index is 575. The lowest BCUT2D eigenvalue weighted by Gasteiger charge is -2.20. The maximum Gasteiger partial charge on any atom is 0.119 e. The summed E-state index contributed by atoms with van der Waals surface area (Å²) in [5, 5.41) is 0. The molecule has 0 bridgehead atoms. The molecule has 0 heterocycles. The van der Waals surface area contributed by atoms with Crippen molar-refractivity contribution in [1.82, 2.24) is 0 Å². The normalized spacial score (nSPS) is 12.8. The molecule has 17 heavy (non-hydrogen) atoms. The summed E-state index contributed by atoms with van der Waals surface area (Å²) in [6, 6.07) is 12.7. The second kappa shape index (κ2) is 4.11. The molecule has 1 aliphatic rings. The average molecular weight is 242 g/mol. The molecule has 3 rings (SSSR count). The highest BCUT2D eigenvalue weighted by atomic mass is 32.1. The number of thiol groups is 1. The molecule has 0 amide bonds. The fraction of sp³-hybridized carbons (Fsp3) is 0.200. The fourth-order valence-corrected chi connectivity index (χ4v) is 2.72. The highest BCUT2D eigenvalue weighted by Gasteiger charge is 2.16. The summed E-state index contributed by atoms with van der Waals surface area (Å²) in [5.41, 5.74) is 5.45. The fourth-order valence-electron chi connectivity index (χ4n) is 2.49. The standard InChI is InChI=1S/C15H14OS/c1-16-12-4-6-14-10(8-12)2-3-11-9-13(17)5-7-15(11)14/h4-9,17H,2-3H2,1H3. The second-order valence-electron chi connectivity index (χ2n) is 4.36. The summed E-state index contributed by atoms with van der Waals surface area (Å²) in [6.45, 7) is 0. The van der Waals surface area contributed by atoms with Crippen LogP contribution in [-0.2, 0) is 12.8 Å². The summed E-state index contributed by atoms with van der Waals surface area (Å²) in [5.74, 6) is 0.943. The summed E-state index contributed by atoms with van der Waals surface area (Å²) < 4.78 is 5.28. The van der Waals surface area contributed by atoms with E-state index in [1.807, 2.05) is 6.07 Å². The van der Waals surface area contributed by atoms with Gasteiger partial charge in [-0.15, -0.1) is 12.6 Å². The Morgan fingerprint density at radius 2 is 1.59 bits per heavy atom. The maximum atomic E-state index is 5.28. The van der Waals surface area contributed by atoms with Gasteiger partial charge in [0.2, 0.25) is 0 Å². The molecule has 86 valence electrons.